The maximum atomic E-state index is 12.0. The fraction of sp³-hybridized carbons (Fsp3) is 0. The zero-order valence-electron chi connectivity index (χ0n) is 11.3. The first-order chi connectivity index (χ1) is 10.6. The van der Waals surface area contributed by atoms with Crippen LogP contribution in [0.5, 0.6) is 0 Å². The number of fused-ring (bicyclic) bond motifs is 1. The molecule has 2 aromatic carbocycles. The molecule has 2 aromatic rings. The second kappa shape index (κ2) is 6.25. The molecule has 5 nitrogen and oxygen atoms in total. The summed E-state index contributed by atoms with van der Waals surface area (Å²) in [7, 11) is 0. The van der Waals surface area contributed by atoms with Crippen LogP contribution in [0.25, 0.3) is 0 Å². The lowest BCUT2D eigenvalue weighted by Crippen LogP contribution is -2.27. The minimum absolute atomic E-state index is 0.261. The van der Waals surface area contributed by atoms with Crippen molar-refractivity contribution < 1.29 is 4.79 Å². The van der Waals surface area contributed by atoms with Gasteiger partial charge in [-0.25, -0.2) is 0 Å². The van der Waals surface area contributed by atoms with E-state index in [-0.39, 0.29) is 5.91 Å². The Bertz CT molecular complexity index is 776. The minimum atomic E-state index is -0.261. The molecular weight excluding hydrogens is 364 g/mol. The van der Waals surface area contributed by atoms with Crippen LogP contribution in [0.15, 0.2) is 58.1 Å². The van der Waals surface area contributed by atoms with Crippen molar-refractivity contribution in [2.75, 3.05) is 10.6 Å². The summed E-state index contributed by atoms with van der Waals surface area (Å²) in [6, 6.07) is 15.0. The highest BCUT2D eigenvalue weighted by Gasteiger charge is 2.26. The van der Waals surface area contributed by atoms with Crippen LogP contribution in [-0.4, -0.2) is 16.7 Å². The first kappa shape index (κ1) is 14.7. The Labute approximate surface area is 140 Å². The average molecular weight is 375 g/mol. The maximum absolute atomic E-state index is 12.0. The number of halogens is 1. The van der Waals surface area contributed by atoms with Gasteiger partial charge in [-0.05, 0) is 42.5 Å². The van der Waals surface area contributed by atoms with Gasteiger partial charge < -0.3 is 10.6 Å². The Hall–Kier alpha value is -2.25. The van der Waals surface area contributed by atoms with Crippen molar-refractivity contribution >= 4 is 56.3 Å². The second-order valence-electron chi connectivity index (χ2n) is 4.54. The fourth-order valence-corrected chi connectivity index (χ4v) is 2.55. The van der Waals surface area contributed by atoms with Gasteiger partial charge in [-0.2, -0.15) is 5.10 Å². The third kappa shape index (κ3) is 3.15. The quantitative estimate of drug-likeness (QED) is 0.558. The van der Waals surface area contributed by atoms with E-state index in [1.807, 2.05) is 48.5 Å². The number of carbonyl (C=O) groups is 1. The van der Waals surface area contributed by atoms with E-state index >= 15 is 0 Å². The predicted octanol–water partition coefficient (Wildman–Crippen LogP) is 3.09. The molecule has 3 rings (SSSR count). The normalized spacial score (nSPS) is 14.4. The van der Waals surface area contributed by atoms with Crippen LogP contribution in [-0.2, 0) is 4.79 Å². The van der Waals surface area contributed by atoms with Crippen molar-refractivity contribution in [2.45, 2.75) is 0 Å². The largest absolute Gasteiger partial charge is 0.331 e. The molecular formula is C15H11BrN4OS. The van der Waals surface area contributed by atoms with Gasteiger partial charge in [-0.1, -0.05) is 34.1 Å². The molecule has 1 heterocycles. The minimum Gasteiger partial charge on any atom is -0.331 e. The summed E-state index contributed by atoms with van der Waals surface area (Å²) < 4.78 is 0.875. The number of hydrogen-bond acceptors (Lipinski definition) is 3. The Morgan fingerprint density at radius 3 is 2.73 bits per heavy atom. The van der Waals surface area contributed by atoms with Crippen molar-refractivity contribution in [1.29, 1.82) is 0 Å². The molecule has 0 atom stereocenters. The maximum Gasteiger partial charge on any atom is 0.276 e. The van der Waals surface area contributed by atoms with Crippen LogP contribution >= 0.6 is 28.1 Å². The predicted molar refractivity (Wildman–Crippen MR) is 95.1 cm³/mol. The van der Waals surface area contributed by atoms with Crippen LogP contribution in [0.4, 0.5) is 11.4 Å². The molecule has 1 aliphatic rings. The van der Waals surface area contributed by atoms with Crippen molar-refractivity contribution in [3.63, 3.8) is 0 Å². The van der Waals surface area contributed by atoms with E-state index in [9.17, 15) is 4.79 Å². The fourth-order valence-electron chi connectivity index (χ4n) is 2.02. The molecule has 0 fully saturated rings. The van der Waals surface area contributed by atoms with Gasteiger partial charge in [0.2, 0.25) is 0 Å². The van der Waals surface area contributed by atoms with Gasteiger partial charge in [0.25, 0.3) is 5.91 Å². The zero-order chi connectivity index (χ0) is 15.5. The number of nitrogens with zero attached hydrogens (tertiary/aromatic N) is 1. The molecule has 0 aromatic heterocycles. The first-order valence-electron chi connectivity index (χ1n) is 6.44. The SMILES string of the molecule is O=C1Nc2ccc(Br)cc2/C1=N/NC(=S)Nc1ccccc1. The topological polar surface area (TPSA) is 65.5 Å². The number of para-hydroxylation sites is 1. The third-order valence-electron chi connectivity index (χ3n) is 3.00. The third-order valence-corrected chi connectivity index (χ3v) is 3.69. The molecule has 0 saturated heterocycles. The van der Waals surface area contributed by atoms with Crippen LogP contribution < -0.4 is 16.1 Å². The number of hydrogen-bond donors (Lipinski definition) is 3. The number of rotatable bonds is 2. The van der Waals surface area contributed by atoms with Crippen molar-refractivity contribution in [3.8, 4) is 0 Å². The Morgan fingerprint density at radius 2 is 1.95 bits per heavy atom. The lowest BCUT2D eigenvalue weighted by atomic mass is 10.1. The van der Waals surface area contributed by atoms with Crippen molar-refractivity contribution in [2.24, 2.45) is 5.10 Å². The molecule has 0 unspecified atom stereocenters. The number of carbonyl (C=O) groups excluding carboxylic acids is 1. The molecule has 1 amide bonds. The Morgan fingerprint density at radius 1 is 1.18 bits per heavy atom. The number of amides is 1. The van der Waals surface area contributed by atoms with E-state index in [0.717, 1.165) is 21.4 Å². The highest BCUT2D eigenvalue weighted by molar-refractivity contribution is 9.10. The Kier molecular flexibility index (Phi) is 4.17. The Balaban J connectivity index is 1.75. The van der Waals surface area contributed by atoms with Gasteiger partial charge in [0.1, 0.15) is 0 Å². The van der Waals surface area contributed by atoms with E-state index in [0.29, 0.717) is 10.8 Å². The molecule has 1 aliphatic heterocycles. The summed E-state index contributed by atoms with van der Waals surface area (Å²) >= 11 is 8.55. The number of thiocarbonyl (C=S) groups is 1. The first-order valence-corrected chi connectivity index (χ1v) is 7.64. The summed E-state index contributed by atoms with van der Waals surface area (Å²) in [6.07, 6.45) is 0. The second-order valence-corrected chi connectivity index (χ2v) is 5.86. The molecule has 0 bridgehead atoms. The molecule has 3 N–H and O–H groups in total. The standard InChI is InChI=1S/C15H11BrN4OS/c16-9-6-7-12-11(8-9)13(14(21)18-12)19-20-15(22)17-10-4-2-1-3-5-10/h1-8H,(H2,17,20,22)(H,18,19,21). The summed E-state index contributed by atoms with van der Waals surface area (Å²) in [5.41, 5.74) is 5.31. The van der Waals surface area contributed by atoms with Crippen molar-refractivity contribution in [1.82, 2.24) is 5.43 Å². The van der Waals surface area contributed by atoms with Gasteiger partial charge in [-0.3, -0.25) is 10.2 Å². The van der Waals surface area contributed by atoms with Crippen LogP contribution in [0.1, 0.15) is 5.56 Å². The molecule has 0 saturated carbocycles. The molecule has 0 aliphatic carbocycles. The average Bonchev–Trinajstić information content (AvgIpc) is 2.81. The van der Waals surface area contributed by atoms with Crippen molar-refractivity contribution in [3.05, 3.63) is 58.6 Å². The molecule has 7 heteroatoms. The van der Waals surface area contributed by atoms with E-state index in [4.69, 9.17) is 12.2 Å². The zero-order valence-corrected chi connectivity index (χ0v) is 13.7. The van der Waals surface area contributed by atoms with Crippen LogP contribution in [0.3, 0.4) is 0 Å². The lowest BCUT2D eigenvalue weighted by Gasteiger charge is -2.07. The monoisotopic (exact) mass is 374 g/mol. The summed E-state index contributed by atoms with van der Waals surface area (Å²) in [4.78, 5) is 12.0. The van der Waals surface area contributed by atoms with Crippen LogP contribution in [0, 0.1) is 0 Å². The molecule has 0 spiro atoms. The smallest absolute Gasteiger partial charge is 0.276 e. The van der Waals surface area contributed by atoms with Crippen LogP contribution in [0.2, 0.25) is 0 Å². The number of hydrazone groups is 1. The van der Waals surface area contributed by atoms with Gasteiger partial charge in [0.05, 0.1) is 5.69 Å². The van der Waals surface area contributed by atoms with Gasteiger partial charge in [0.15, 0.2) is 10.8 Å². The van der Waals surface area contributed by atoms with E-state index in [2.05, 4.69) is 37.1 Å². The summed E-state index contributed by atoms with van der Waals surface area (Å²) in [5.74, 6) is -0.261. The highest BCUT2D eigenvalue weighted by atomic mass is 79.9. The van der Waals surface area contributed by atoms with E-state index in [1.165, 1.54) is 0 Å². The molecule has 110 valence electrons. The number of anilines is 2. The molecule has 22 heavy (non-hydrogen) atoms. The summed E-state index contributed by atoms with van der Waals surface area (Å²) in [5, 5.41) is 10.2. The lowest BCUT2D eigenvalue weighted by molar-refractivity contribution is -0.110. The van der Waals surface area contributed by atoms with E-state index < -0.39 is 0 Å². The summed E-state index contributed by atoms with van der Waals surface area (Å²) in [6.45, 7) is 0. The van der Waals surface area contributed by atoms with Gasteiger partial charge in [-0.15, -0.1) is 0 Å². The van der Waals surface area contributed by atoms with Gasteiger partial charge >= 0.3 is 0 Å². The number of nitrogens with one attached hydrogen (secondary N) is 3. The van der Waals surface area contributed by atoms with Gasteiger partial charge in [0, 0.05) is 15.7 Å². The highest BCUT2D eigenvalue weighted by Crippen LogP contribution is 2.26. The molecule has 0 radical (unpaired) electrons. The number of benzene rings is 2. The van der Waals surface area contributed by atoms with E-state index in [1.54, 1.807) is 0 Å².